The van der Waals surface area contributed by atoms with Crippen molar-refractivity contribution < 1.29 is 9.53 Å². The van der Waals surface area contributed by atoms with Crippen LogP contribution in [0.1, 0.15) is 48.9 Å². The van der Waals surface area contributed by atoms with E-state index in [1.807, 2.05) is 41.0 Å². The lowest BCUT2D eigenvalue weighted by molar-refractivity contribution is -0.0167. The van der Waals surface area contributed by atoms with E-state index in [4.69, 9.17) is 4.74 Å². The highest BCUT2D eigenvalue weighted by molar-refractivity contribution is 5.99. The second-order valence-corrected chi connectivity index (χ2v) is 10.1. The molecule has 4 aliphatic rings. The Labute approximate surface area is 187 Å². The SMILES string of the molecule is COc1cccc2c(=O)c(C(=O)NC34CC5CC(CC(C5)C3)C4)cn(-c3ccccc3)c12. The quantitative estimate of drug-likeness (QED) is 0.655. The molecule has 4 bridgehead atoms. The number of aromatic nitrogens is 1. The Hall–Kier alpha value is -3.08. The average Bonchev–Trinajstić information content (AvgIpc) is 2.78. The molecule has 0 atom stereocenters. The summed E-state index contributed by atoms with van der Waals surface area (Å²) in [6, 6.07) is 15.2. The number of nitrogens with zero attached hydrogens (tertiary/aromatic N) is 1. The van der Waals surface area contributed by atoms with Crippen molar-refractivity contribution in [1.82, 2.24) is 9.88 Å². The molecule has 2 aromatic carbocycles. The molecule has 0 aliphatic heterocycles. The molecule has 5 heteroatoms. The van der Waals surface area contributed by atoms with Crippen molar-refractivity contribution in [2.45, 2.75) is 44.1 Å². The molecule has 164 valence electrons. The van der Waals surface area contributed by atoms with Crippen LogP contribution in [0.15, 0.2) is 59.5 Å². The van der Waals surface area contributed by atoms with Gasteiger partial charge in [0.1, 0.15) is 11.3 Å². The molecule has 0 spiro atoms. The highest BCUT2D eigenvalue weighted by Gasteiger charge is 2.51. The van der Waals surface area contributed by atoms with Gasteiger partial charge in [-0.1, -0.05) is 24.3 Å². The van der Waals surface area contributed by atoms with Crippen LogP contribution in [0.25, 0.3) is 16.6 Å². The largest absolute Gasteiger partial charge is 0.495 e. The van der Waals surface area contributed by atoms with Crippen LogP contribution in [-0.2, 0) is 0 Å². The molecule has 4 saturated carbocycles. The van der Waals surface area contributed by atoms with E-state index in [1.165, 1.54) is 19.3 Å². The summed E-state index contributed by atoms with van der Waals surface area (Å²) in [5.74, 6) is 2.54. The summed E-state index contributed by atoms with van der Waals surface area (Å²) in [5, 5.41) is 3.86. The number of nitrogens with one attached hydrogen (secondary N) is 1. The summed E-state index contributed by atoms with van der Waals surface area (Å²) in [7, 11) is 1.60. The molecular weight excluding hydrogens is 400 g/mol. The Morgan fingerprint density at radius 3 is 2.25 bits per heavy atom. The number of rotatable bonds is 4. The number of benzene rings is 2. The van der Waals surface area contributed by atoms with Crippen LogP contribution in [-0.4, -0.2) is 23.1 Å². The van der Waals surface area contributed by atoms with Crippen molar-refractivity contribution >= 4 is 16.8 Å². The molecule has 0 radical (unpaired) electrons. The summed E-state index contributed by atoms with van der Waals surface area (Å²) in [6.07, 6.45) is 8.79. The van der Waals surface area contributed by atoms with Gasteiger partial charge in [-0.15, -0.1) is 0 Å². The number of hydrogen-bond donors (Lipinski definition) is 1. The number of pyridine rings is 1. The van der Waals surface area contributed by atoms with E-state index in [9.17, 15) is 9.59 Å². The van der Waals surface area contributed by atoms with Crippen LogP contribution in [0, 0.1) is 17.8 Å². The van der Waals surface area contributed by atoms with Gasteiger partial charge in [-0.25, -0.2) is 0 Å². The molecule has 1 aromatic heterocycles. The van der Waals surface area contributed by atoms with Gasteiger partial charge < -0.3 is 14.6 Å². The Kier molecular flexibility index (Phi) is 4.42. The lowest BCUT2D eigenvalue weighted by atomic mass is 9.53. The topological polar surface area (TPSA) is 60.3 Å². The zero-order valence-corrected chi connectivity index (χ0v) is 18.3. The standard InChI is InChI=1S/C27H28N2O3/c1-32-23-9-5-8-21-24(23)29(20-6-3-2-4-7-20)16-22(25(21)30)26(31)28-27-13-17-10-18(14-27)12-19(11-17)15-27/h2-9,16-19H,10-15H2,1H3,(H,28,31). The van der Waals surface area contributed by atoms with Gasteiger partial charge in [0.2, 0.25) is 5.43 Å². The fourth-order valence-corrected chi connectivity index (χ4v) is 7.04. The van der Waals surface area contributed by atoms with E-state index in [1.54, 1.807) is 25.4 Å². The van der Waals surface area contributed by atoms with E-state index < -0.39 is 0 Å². The lowest BCUT2D eigenvalue weighted by Crippen LogP contribution is -2.60. The Balaban J connectivity index is 1.46. The summed E-state index contributed by atoms with van der Waals surface area (Å²) in [5.41, 5.74) is 1.38. The molecule has 5 nitrogen and oxygen atoms in total. The highest BCUT2D eigenvalue weighted by Crippen LogP contribution is 2.55. The first-order valence-corrected chi connectivity index (χ1v) is 11.7. The number of carbonyl (C=O) groups excluding carboxylic acids is 1. The molecule has 0 unspecified atom stereocenters. The normalized spacial score (nSPS) is 28.1. The van der Waals surface area contributed by atoms with Gasteiger partial charge in [0, 0.05) is 17.4 Å². The van der Waals surface area contributed by atoms with Crippen molar-refractivity contribution in [3.05, 3.63) is 70.5 Å². The van der Waals surface area contributed by atoms with Crippen molar-refractivity contribution in [1.29, 1.82) is 0 Å². The molecule has 32 heavy (non-hydrogen) atoms. The van der Waals surface area contributed by atoms with Gasteiger partial charge in [0.05, 0.1) is 18.0 Å². The van der Waals surface area contributed by atoms with Gasteiger partial charge in [-0.2, -0.15) is 0 Å². The number of hydrogen-bond acceptors (Lipinski definition) is 3. The molecule has 3 aromatic rings. The molecule has 4 fully saturated rings. The summed E-state index contributed by atoms with van der Waals surface area (Å²) in [6.45, 7) is 0. The third-order valence-corrected chi connectivity index (χ3v) is 7.90. The first kappa shape index (κ1) is 19.6. The van der Waals surface area contributed by atoms with Crippen LogP contribution in [0.4, 0.5) is 0 Å². The fourth-order valence-electron chi connectivity index (χ4n) is 7.04. The molecule has 1 N–H and O–H groups in total. The van der Waals surface area contributed by atoms with Crippen LogP contribution >= 0.6 is 0 Å². The van der Waals surface area contributed by atoms with Gasteiger partial charge in [-0.05, 0) is 80.5 Å². The van der Waals surface area contributed by atoms with Crippen molar-refractivity contribution in [3.63, 3.8) is 0 Å². The van der Waals surface area contributed by atoms with E-state index in [0.717, 1.165) is 42.7 Å². The average molecular weight is 429 g/mol. The highest BCUT2D eigenvalue weighted by atomic mass is 16.5. The summed E-state index contributed by atoms with van der Waals surface area (Å²) >= 11 is 0. The van der Waals surface area contributed by atoms with Crippen LogP contribution in [0.3, 0.4) is 0 Å². The van der Waals surface area contributed by atoms with Crippen LogP contribution < -0.4 is 15.5 Å². The van der Waals surface area contributed by atoms with Crippen molar-refractivity contribution in [2.75, 3.05) is 7.11 Å². The van der Waals surface area contributed by atoms with Crippen molar-refractivity contribution in [2.24, 2.45) is 17.8 Å². The first-order chi connectivity index (χ1) is 15.5. The third-order valence-electron chi connectivity index (χ3n) is 7.90. The maximum absolute atomic E-state index is 13.6. The molecule has 1 heterocycles. The number of carbonyl (C=O) groups is 1. The van der Waals surface area contributed by atoms with E-state index in [-0.39, 0.29) is 22.4 Å². The zero-order valence-electron chi connectivity index (χ0n) is 18.3. The number of ether oxygens (including phenoxy) is 1. The minimum atomic E-state index is -0.244. The van der Waals surface area contributed by atoms with E-state index in [0.29, 0.717) is 16.7 Å². The Morgan fingerprint density at radius 1 is 0.969 bits per heavy atom. The van der Waals surface area contributed by atoms with E-state index >= 15 is 0 Å². The van der Waals surface area contributed by atoms with Crippen molar-refractivity contribution in [3.8, 4) is 11.4 Å². The Bertz CT molecular complexity index is 1230. The number of para-hydroxylation sites is 2. The summed E-state index contributed by atoms with van der Waals surface area (Å²) in [4.78, 5) is 27.1. The predicted molar refractivity (Wildman–Crippen MR) is 124 cm³/mol. The summed E-state index contributed by atoms with van der Waals surface area (Å²) < 4.78 is 7.48. The molecule has 4 aliphatic carbocycles. The van der Waals surface area contributed by atoms with Gasteiger partial charge in [-0.3, -0.25) is 9.59 Å². The lowest BCUT2D eigenvalue weighted by Gasteiger charge is -2.56. The maximum Gasteiger partial charge on any atom is 0.257 e. The molecular formula is C27H28N2O3. The molecule has 1 amide bonds. The smallest absolute Gasteiger partial charge is 0.257 e. The van der Waals surface area contributed by atoms with Crippen LogP contribution in [0.2, 0.25) is 0 Å². The number of methoxy groups -OCH3 is 1. The van der Waals surface area contributed by atoms with Crippen LogP contribution in [0.5, 0.6) is 5.75 Å². The monoisotopic (exact) mass is 428 g/mol. The second-order valence-electron chi connectivity index (χ2n) is 10.1. The fraction of sp³-hybridized carbons (Fsp3) is 0.407. The molecule has 0 saturated heterocycles. The Morgan fingerprint density at radius 2 is 1.62 bits per heavy atom. The van der Waals surface area contributed by atoms with Gasteiger partial charge >= 0.3 is 0 Å². The number of fused-ring (bicyclic) bond motifs is 1. The predicted octanol–water partition coefficient (Wildman–Crippen LogP) is 4.70. The maximum atomic E-state index is 13.6. The third kappa shape index (κ3) is 3.06. The first-order valence-electron chi connectivity index (χ1n) is 11.7. The minimum Gasteiger partial charge on any atom is -0.495 e. The van der Waals surface area contributed by atoms with Gasteiger partial charge in [0.25, 0.3) is 5.91 Å². The number of amides is 1. The minimum absolute atomic E-state index is 0.140. The second kappa shape index (κ2) is 7.22. The molecule has 7 rings (SSSR count). The van der Waals surface area contributed by atoms with E-state index in [2.05, 4.69) is 5.32 Å². The van der Waals surface area contributed by atoms with Gasteiger partial charge in [0.15, 0.2) is 0 Å². The zero-order chi connectivity index (χ0) is 21.9.